The lowest BCUT2D eigenvalue weighted by Crippen LogP contribution is -2.48. The zero-order chi connectivity index (χ0) is 15.2. The van der Waals surface area contributed by atoms with Crippen molar-refractivity contribution in [2.75, 3.05) is 13.1 Å². The molecule has 1 saturated heterocycles. The van der Waals surface area contributed by atoms with Gasteiger partial charge in [0, 0.05) is 6.54 Å². The molecule has 22 heavy (non-hydrogen) atoms. The Morgan fingerprint density at radius 2 is 2.14 bits per heavy atom. The molecule has 0 bridgehead atoms. The lowest BCUT2D eigenvalue weighted by molar-refractivity contribution is -0.0617. The predicted octanol–water partition coefficient (Wildman–Crippen LogP) is 1.97. The number of H-pyrrole nitrogens is 1. The molecule has 2 N–H and O–H groups in total. The molecular weight excluding hydrogens is 278 g/mol. The number of hydrogen-bond donors (Lipinski definition) is 2. The molecule has 116 valence electrons. The third-order valence-electron chi connectivity index (χ3n) is 5.09. The highest BCUT2D eigenvalue weighted by atomic mass is 16.3. The summed E-state index contributed by atoms with van der Waals surface area (Å²) in [6.45, 7) is 1.65. The van der Waals surface area contributed by atoms with Gasteiger partial charge in [0.05, 0.1) is 22.5 Å². The Balaban J connectivity index is 1.66. The maximum absolute atomic E-state index is 12.3. The molecule has 0 amide bonds. The van der Waals surface area contributed by atoms with Crippen LogP contribution in [0.4, 0.5) is 0 Å². The SMILES string of the molecule is O=c1[nH]c(C2CCCN2CC2(O)CCC2)nc2ccccc12. The molecule has 0 spiro atoms. The molecule has 0 radical (unpaired) electrons. The first-order chi connectivity index (χ1) is 10.6. The first-order valence-electron chi connectivity index (χ1n) is 8.10. The first-order valence-corrected chi connectivity index (χ1v) is 8.10. The average Bonchev–Trinajstić information content (AvgIpc) is 2.93. The van der Waals surface area contributed by atoms with Crippen LogP contribution in [0.2, 0.25) is 0 Å². The number of nitrogens with zero attached hydrogens (tertiary/aromatic N) is 2. The van der Waals surface area contributed by atoms with E-state index in [0.29, 0.717) is 11.9 Å². The number of hydrogen-bond acceptors (Lipinski definition) is 4. The summed E-state index contributed by atoms with van der Waals surface area (Å²) in [5.74, 6) is 0.740. The fourth-order valence-corrected chi connectivity index (χ4v) is 3.71. The van der Waals surface area contributed by atoms with E-state index in [1.54, 1.807) is 6.07 Å². The Morgan fingerprint density at radius 1 is 1.32 bits per heavy atom. The number of benzene rings is 1. The molecule has 2 heterocycles. The van der Waals surface area contributed by atoms with Gasteiger partial charge in [-0.3, -0.25) is 9.69 Å². The Labute approximate surface area is 129 Å². The van der Waals surface area contributed by atoms with Crippen molar-refractivity contribution in [3.05, 3.63) is 40.4 Å². The van der Waals surface area contributed by atoms with E-state index in [9.17, 15) is 9.90 Å². The molecule has 1 aromatic heterocycles. The smallest absolute Gasteiger partial charge is 0.258 e. The summed E-state index contributed by atoms with van der Waals surface area (Å²) < 4.78 is 0. The lowest BCUT2D eigenvalue weighted by atomic mass is 9.80. The van der Waals surface area contributed by atoms with Crippen LogP contribution in [0.15, 0.2) is 29.1 Å². The molecule has 1 unspecified atom stereocenters. The number of fused-ring (bicyclic) bond motifs is 1. The molecule has 1 aromatic carbocycles. The summed E-state index contributed by atoms with van der Waals surface area (Å²) in [6.07, 6.45) is 4.95. The molecule has 5 nitrogen and oxygen atoms in total. The van der Waals surface area contributed by atoms with Crippen molar-refractivity contribution in [1.29, 1.82) is 0 Å². The zero-order valence-corrected chi connectivity index (χ0v) is 12.6. The van der Waals surface area contributed by atoms with Crippen LogP contribution in [-0.2, 0) is 0 Å². The first kappa shape index (κ1) is 13.9. The van der Waals surface area contributed by atoms with E-state index in [2.05, 4.69) is 14.9 Å². The Kier molecular flexibility index (Phi) is 3.27. The number of β-amino-alcohol motifs (C(OH)–C–C–N with tert-alkyl or cyclic N) is 1. The van der Waals surface area contributed by atoms with Crippen LogP contribution in [0.1, 0.15) is 44.0 Å². The third-order valence-corrected chi connectivity index (χ3v) is 5.09. The van der Waals surface area contributed by atoms with Crippen LogP contribution in [0, 0.1) is 0 Å². The van der Waals surface area contributed by atoms with Crippen molar-refractivity contribution in [2.45, 2.75) is 43.7 Å². The van der Waals surface area contributed by atoms with Gasteiger partial charge < -0.3 is 10.1 Å². The largest absolute Gasteiger partial charge is 0.389 e. The molecular formula is C17H21N3O2. The van der Waals surface area contributed by atoms with E-state index >= 15 is 0 Å². The number of aliphatic hydroxyl groups is 1. The van der Waals surface area contributed by atoms with Gasteiger partial charge in [-0.2, -0.15) is 0 Å². The standard InChI is InChI=1S/C17H21N3O2/c21-16-12-5-1-2-6-13(12)18-15(19-16)14-7-3-10-20(14)11-17(22)8-4-9-17/h1-2,5-6,14,22H,3-4,7-11H2,(H,18,19,21). The number of aromatic nitrogens is 2. The average molecular weight is 299 g/mol. The monoisotopic (exact) mass is 299 g/mol. The van der Waals surface area contributed by atoms with Crippen LogP contribution < -0.4 is 5.56 Å². The predicted molar refractivity (Wildman–Crippen MR) is 84.7 cm³/mol. The van der Waals surface area contributed by atoms with E-state index in [-0.39, 0.29) is 11.6 Å². The van der Waals surface area contributed by atoms with Gasteiger partial charge in [-0.15, -0.1) is 0 Å². The van der Waals surface area contributed by atoms with E-state index in [0.717, 1.165) is 50.0 Å². The molecule has 1 aliphatic carbocycles. The molecule has 5 heteroatoms. The molecule has 1 saturated carbocycles. The van der Waals surface area contributed by atoms with Crippen molar-refractivity contribution in [3.8, 4) is 0 Å². The van der Waals surface area contributed by atoms with Crippen molar-refractivity contribution >= 4 is 10.9 Å². The molecule has 2 aliphatic rings. The van der Waals surface area contributed by atoms with Crippen molar-refractivity contribution in [3.63, 3.8) is 0 Å². The molecule has 2 fully saturated rings. The highest BCUT2D eigenvalue weighted by Gasteiger charge is 2.40. The van der Waals surface area contributed by atoms with Gasteiger partial charge in [0.2, 0.25) is 0 Å². The normalized spacial score (nSPS) is 24.5. The van der Waals surface area contributed by atoms with Gasteiger partial charge in [-0.1, -0.05) is 12.1 Å². The van der Waals surface area contributed by atoms with Crippen molar-refractivity contribution in [1.82, 2.24) is 14.9 Å². The quantitative estimate of drug-likeness (QED) is 0.909. The topological polar surface area (TPSA) is 69.2 Å². The summed E-state index contributed by atoms with van der Waals surface area (Å²) in [4.78, 5) is 22.2. The van der Waals surface area contributed by atoms with Crippen LogP contribution in [0.25, 0.3) is 10.9 Å². The number of nitrogens with one attached hydrogen (secondary N) is 1. The van der Waals surface area contributed by atoms with Crippen LogP contribution >= 0.6 is 0 Å². The maximum atomic E-state index is 12.3. The summed E-state index contributed by atoms with van der Waals surface area (Å²) in [6, 6.07) is 7.55. The minimum atomic E-state index is -0.528. The van der Waals surface area contributed by atoms with Crippen LogP contribution in [0.3, 0.4) is 0 Å². The maximum Gasteiger partial charge on any atom is 0.258 e. The molecule has 4 rings (SSSR count). The molecule has 1 atom stereocenters. The second-order valence-electron chi connectivity index (χ2n) is 6.67. The Hall–Kier alpha value is -1.72. The summed E-state index contributed by atoms with van der Waals surface area (Å²) in [5, 5.41) is 11.1. The zero-order valence-electron chi connectivity index (χ0n) is 12.6. The van der Waals surface area contributed by atoms with Crippen LogP contribution in [0.5, 0.6) is 0 Å². The summed E-state index contributed by atoms with van der Waals surface area (Å²) in [5.41, 5.74) is 0.143. The van der Waals surface area contributed by atoms with Gasteiger partial charge in [0.15, 0.2) is 0 Å². The highest BCUT2D eigenvalue weighted by molar-refractivity contribution is 5.77. The van der Waals surface area contributed by atoms with E-state index in [1.165, 1.54) is 0 Å². The molecule has 2 aromatic rings. The van der Waals surface area contributed by atoms with E-state index < -0.39 is 5.60 Å². The van der Waals surface area contributed by atoms with Gasteiger partial charge in [-0.05, 0) is 50.8 Å². The van der Waals surface area contributed by atoms with Gasteiger partial charge >= 0.3 is 0 Å². The molecule has 1 aliphatic heterocycles. The fourth-order valence-electron chi connectivity index (χ4n) is 3.71. The van der Waals surface area contributed by atoms with Crippen molar-refractivity contribution in [2.24, 2.45) is 0 Å². The van der Waals surface area contributed by atoms with E-state index in [1.807, 2.05) is 18.2 Å². The Morgan fingerprint density at radius 3 is 2.91 bits per heavy atom. The van der Waals surface area contributed by atoms with Crippen molar-refractivity contribution < 1.29 is 5.11 Å². The fraction of sp³-hybridized carbons (Fsp3) is 0.529. The second kappa shape index (κ2) is 5.18. The third kappa shape index (κ3) is 2.34. The second-order valence-corrected chi connectivity index (χ2v) is 6.67. The minimum absolute atomic E-state index is 0.0743. The summed E-state index contributed by atoms with van der Waals surface area (Å²) in [7, 11) is 0. The lowest BCUT2D eigenvalue weighted by Gasteiger charge is -2.41. The van der Waals surface area contributed by atoms with E-state index in [4.69, 9.17) is 0 Å². The number of para-hydroxylation sites is 1. The number of likely N-dealkylation sites (tertiary alicyclic amines) is 1. The highest BCUT2D eigenvalue weighted by Crippen LogP contribution is 2.37. The minimum Gasteiger partial charge on any atom is -0.389 e. The number of aromatic amines is 1. The summed E-state index contributed by atoms with van der Waals surface area (Å²) >= 11 is 0. The van der Waals surface area contributed by atoms with Gasteiger partial charge in [0.25, 0.3) is 5.56 Å². The Bertz CT molecular complexity index is 751. The number of rotatable bonds is 3. The van der Waals surface area contributed by atoms with Crippen LogP contribution in [-0.4, -0.2) is 38.7 Å². The van der Waals surface area contributed by atoms with Gasteiger partial charge in [0.1, 0.15) is 5.82 Å². The van der Waals surface area contributed by atoms with Gasteiger partial charge in [-0.25, -0.2) is 4.98 Å².